The highest BCUT2D eigenvalue weighted by Gasteiger charge is 2.27. The molecule has 0 aliphatic heterocycles. The van der Waals surface area contributed by atoms with Gasteiger partial charge in [-0.3, -0.25) is 30.9 Å². The summed E-state index contributed by atoms with van der Waals surface area (Å²) in [5.41, 5.74) is 7.90. The number of nitrogens with one attached hydrogen (secondary N) is 6. The van der Waals surface area contributed by atoms with Crippen LogP contribution in [0.25, 0.3) is 33.6 Å². The molecule has 50 heavy (non-hydrogen) atoms. The zero-order chi connectivity index (χ0) is 36.9. The van der Waals surface area contributed by atoms with Gasteiger partial charge in [-0.2, -0.15) is 0 Å². The van der Waals surface area contributed by atoms with Crippen LogP contribution in [0.5, 0.6) is 0 Å². The lowest BCUT2D eigenvalue weighted by atomic mass is 9.92. The van der Waals surface area contributed by atoms with Crippen LogP contribution >= 0.6 is 0 Å². The molecule has 14 heteroatoms. The van der Waals surface area contributed by atoms with Crippen LogP contribution in [0.15, 0.2) is 48.8 Å². The van der Waals surface area contributed by atoms with Gasteiger partial charge < -0.3 is 20.2 Å². The Hall–Kier alpha value is -5.34. The normalized spacial score (nSPS) is 13.9. The number of imide groups is 2. The Kier molecular flexibility index (Phi) is 11.9. The number of rotatable bonds is 13. The lowest BCUT2D eigenvalue weighted by Crippen LogP contribution is -2.46. The fraction of sp³-hybridized carbons (Fsp3) is 0.389. The molecule has 266 valence electrons. The largest absolute Gasteiger partial charge is 0.465 e. The maximum Gasteiger partial charge on any atom is 0.411 e. The standard InChI is InChI=1S/C36H46N8O6/c1-17(2)29(39-21(7)33(45)43-35(47)48)31-37-15-27(41-31)24-11-9-23(10-12-24)25-13-14-26(20(6)19(25)5)28-16-38-32(42-28)30(18(3)4)40-22(8)34(46)44-36(49)50/h9-18,21-22,29-30,39-40H,1-8H3,(H,37,41)(H,38,42)(H,43,45)(H,44,46)(H,47,48)(H,49,50)/t21?,22-,29?,30+/m0/s1. The SMILES string of the molecule is Cc1c(-c2ccc(-c3cnc(C(NC(C)C(=O)NC(=O)O)C(C)C)[nH]3)cc2)ccc(-c2cnc([C@H](N[C@@H](C)C(=O)NC(=O)O)C(C)C)[nH]2)c1C. The van der Waals surface area contributed by atoms with Crippen LogP contribution in [-0.4, -0.2) is 66.2 Å². The molecule has 4 atom stereocenters. The van der Waals surface area contributed by atoms with E-state index in [1.54, 1.807) is 26.2 Å². The summed E-state index contributed by atoms with van der Waals surface area (Å²) in [6.45, 7) is 15.3. The van der Waals surface area contributed by atoms with E-state index in [9.17, 15) is 19.2 Å². The first kappa shape index (κ1) is 37.5. The van der Waals surface area contributed by atoms with Crippen LogP contribution in [0.2, 0.25) is 0 Å². The van der Waals surface area contributed by atoms with E-state index in [0.29, 0.717) is 11.6 Å². The second kappa shape index (κ2) is 15.9. The minimum absolute atomic E-state index is 0.0614. The lowest BCUT2D eigenvalue weighted by Gasteiger charge is -2.24. The molecule has 0 radical (unpaired) electrons. The minimum Gasteiger partial charge on any atom is -0.465 e. The van der Waals surface area contributed by atoms with Gasteiger partial charge in [-0.05, 0) is 67.3 Å². The van der Waals surface area contributed by atoms with Crippen molar-refractivity contribution in [3.63, 3.8) is 0 Å². The number of hydrogen-bond donors (Lipinski definition) is 8. The minimum atomic E-state index is -1.40. The van der Waals surface area contributed by atoms with Gasteiger partial charge in [0.2, 0.25) is 11.8 Å². The average molecular weight is 687 g/mol. The third-order valence-corrected chi connectivity index (χ3v) is 8.80. The van der Waals surface area contributed by atoms with Crippen molar-refractivity contribution in [2.24, 2.45) is 11.8 Å². The van der Waals surface area contributed by atoms with Gasteiger partial charge in [0.25, 0.3) is 0 Å². The number of aromatic amines is 2. The molecule has 0 aliphatic rings. The monoisotopic (exact) mass is 686 g/mol. The molecule has 4 aromatic rings. The van der Waals surface area contributed by atoms with Crippen molar-refractivity contribution >= 4 is 24.0 Å². The molecule has 4 amide bonds. The number of carbonyl (C=O) groups is 4. The second-order valence-electron chi connectivity index (χ2n) is 13.2. The van der Waals surface area contributed by atoms with Crippen molar-refractivity contribution in [3.8, 4) is 33.6 Å². The molecule has 14 nitrogen and oxygen atoms in total. The van der Waals surface area contributed by atoms with E-state index in [-0.39, 0.29) is 23.9 Å². The summed E-state index contributed by atoms with van der Waals surface area (Å²) in [7, 11) is 0. The van der Waals surface area contributed by atoms with Crippen LogP contribution < -0.4 is 21.3 Å². The number of nitrogens with zero attached hydrogens (tertiary/aromatic N) is 2. The molecule has 8 N–H and O–H groups in total. The summed E-state index contributed by atoms with van der Waals surface area (Å²) in [6, 6.07) is 10.2. The topological polar surface area (TPSA) is 214 Å². The highest BCUT2D eigenvalue weighted by Crippen LogP contribution is 2.34. The van der Waals surface area contributed by atoms with Crippen LogP contribution in [-0.2, 0) is 9.59 Å². The molecular formula is C36H46N8O6. The number of aromatic nitrogens is 4. The smallest absolute Gasteiger partial charge is 0.411 e. The van der Waals surface area contributed by atoms with Gasteiger partial charge in [0.1, 0.15) is 11.6 Å². The van der Waals surface area contributed by atoms with Gasteiger partial charge in [-0.15, -0.1) is 0 Å². The Morgan fingerprint density at radius 2 is 1.00 bits per heavy atom. The van der Waals surface area contributed by atoms with Crippen molar-refractivity contribution in [1.29, 1.82) is 0 Å². The summed E-state index contributed by atoms with van der Waals surface area (Å²) < 4.78 is 0. The summed E-state index contributed by atoms with van der Waals surface area (Å²) in [5, 5.41) is 27.9. The summed E-state index contributed by atoms with van der Waals surface area (Å²) in [6.07, 6.45) is 0.727. The van der Waals surface area contributed by atoms with Crippen LogP contribution in [0, 0.1) is 25.7 Å². The maximum absolute atomic E-state index is 12.2. The van der Waals surface area contributed by atoms with E-state index < -0.39 is 36.1 Å². The fourth-order valence-corrected chi connectivity index (χ4v) is 5.82. The Bertz CT molecular complexity index is 1840. The van der Waals surface area contributed by atoms with Crippen molar-refractivity contribution < 1.29 is 29.4 Å². The van der Waals surface area contributed by atoms with Crippen molar-refractivity contribution in [2.75, 3.05) is 0 Å². The zero-order valence-corrected chi connectivity index (χ0v) is 29.5. The van der Waals surface area contributed by atoms with E-state index in [0.717, 1.165) is 44.8 Å². The van der Waals surface area contributed by atoms with Crippen LogP contribution in [0.3, 0.4) is 0 Å². The Balaban J connectivity index is 1.51. The highest BCUT2D eigenvalue weighted by molar-refractivity contribution is 5.94. The van der Waals surface area contributed by atoms with Crippen molar-refractivity contribution in [1.82, 2.24) is 41.2 Å². The van der Waals surface area contributed by atoms with Gasteiger partial charge >= 0.3 is 12.2 Å². The number of H-pyrrole nitrogens is 2. The number of imidazole rings is 2. The number of carbonyl (C=O) groups excluding carboxylic acids is 2. The highest BCUT2D eigenvalue weighted by atomic mass is 16.4. The molecule has 2 unspecified atom stereocenters. The molecule has 2 heterocycles. The van der Waals surface area contributed by atoms with E-state index >= 15 is 0 Å². The first-order valence-corrected chi connectivity index (χ1v) is 16.5. The molecule has 2 aromatic carbocycles. The second-order valence-corrected chi connectivity index (χ2v) is 13.2. The molecule has 0 saturated carbocycles. The van der Waals surface area contributed by atoms with Crippen molar-refractivity contribution in [2.45, 2.75) is 79.6 Å². The molecule has 0 spiro atoms. The van der Waals surface area contributed by atoms with Crippen molar-refractivity contribution in [3.05, 3.63) is 71.6 Å². The molecule has 2 aromatic heterocycles. The zero-order valence-electron chi connectivity index (χ0n) is 29.5. The average Bonchev–Trinajstić information content (AvgIpc) is 3.73. The van der Waals surface area contributed by atoms with E-state index in [2.05, 4.69) is 68.7 Å². The van der Waals surface area contributed by atoms with Gasteiger partial charge in [0.05, 0.1) is 47.9 Å². The number of carboxylic acid groups (broad SMARTS) is 2. The molecule has 0 bridgehead atoms. The van der Waals surface area contributed by atoms with E-state index in [1.807, 2.05) is 50.5 Å². The Labute approximate surface area is 290 Å². The van der Waals surface area contributed by atoms with E-state index in [4.69, 9.17) is 10.2 Å². The molecule has 0 aliphatic carbocycles. The first-order valence-electron chi connectivity index (χ1n) is 16.5. The molecular weight excluding hydrogens is 640 g/mol. The lowest BCUT2D eigenvalue weighted by molar-refractivity contribution is -0.123. The number of hydrogen-bond acceptors (Lipinski definition) is 8. The van der Waals surface area contributed by atoms with Gasteiger partial charge in [0, 0.05) is 5.56 Å². The predicted molar refractivity (Wildman–Crippen MR) is 189 cm³/mol. The Morgan fingerprint density at radius 3 is 1.46 bits per heavy atom. The van der Waals surface area contributed by atoms with E-state index in [1.165, 1.54) is 0 Å². The predicted octanol–water partition coefficient (Wildman–Crippen LogP) is 5.69. The third-order valence-electron chi connectivity index (χ3n) is 8.80. The summed E-state index contributed by atoms with van der Waals surface area (Å²) >= 11 is 0. The van der Waals surface area contributed by atoms with Crippen LogP contribution in [0.1, 0.15) is 76.4 Å². The molecule has 4 rings (SSSR count). The van der Waals surface area contributed by atoms with Gasteiger partial charge in [-0.1, -0.05) is 64.1 Å². The van der Waals surface area contributed by atoms with Gasteiger partial charge in [0.15, 0.2) is 0 Å². The van der Waals surface area contributed by atoms with Gasteiger partial charge in [-0.25, -0.2) is 19.6 Å². The summed E-state index contributed by atoms with van der Waals surface area (Å²) in [4.78, 5) is 62.1. The Morgan fingerprint density at radius 1 is 0.600 bits per heavy atom. The third kappa shape index (κ3) is 8.81. The first-order chi connectivity index (χ1) is 23.6. The quantitative estimate of drug-likeness (QED) is 0.0860. The number of benzene rings is 2. The number of amides is 4. The molecule has 0 saturated heterocycles. The molecule has 0 fully saturated rings. The van der Waals surface area contributed by atoms with Crippen LogP contribution in [0.4, 0.5) is 9.59 Å². The maximum atomic E-state index is 12.2. The fourth-order valence-electron chi connectivity index (χ4n) is 5.82. The summed E-state index contributed by atoms with van der Waals surface area (Å²) in [5.74, 6) is 0.151.